The molecular weight excluding hydrogens is 667 g/mol. The second kappa shape index (κ2) is 12.4. The molecule has 0 aliphatic heterocycles. The van der Waals surface area contributed by atoms with E-state index in [1.54, 1.807) is 0 Å². The summed E-state index contributed by atoms with van der Waals surface area (Å²) in [6.07, 6.45) is 0. The Morgan fingerprint density at radius 3 is 1.11 bits per heavy atom. The van der Waals surface area contributed by atoms with Gasteiger partial charge in [0.25, 0.3) is 0 Å². The Hall–Kier alpha value is -7.23. The topological polar surface area (TPSA) is 38.7 Å². The van der Waals surface area contributed by atoms with E-state index < -0.39 is 0 Å². The minimum absolute atomic E-state index is 0.374. The van der Waals surface area contributed by atoms with Gasteiger partial charge in [-0.15, -0.1) is 0 Å². The van der Waals surface area contributed by atoms with E-state index in [1.165, 1.54) is 44.5 Å². The van der Waals surface area contributed by atoms with Crippen LogP contribution in [0.25, 0.3) is 78.7 Å². The molecule has 0 saturated heterocycles. The Bertz CT molecular complexity index is 2810. The van der Waals surface area contributed by atoms with E-state index in [2.05, 4.69) is 164 Å². The van der Waals surface area contributed by atoms with Gasteiger partial charge in [0.05, 0.1) is 5.41 Å². The van der Waals surface area contributed by atoms with Crippen LogP contribution in [0, 0.1) is 0 Å². The maximum Gasteiger partial charge on any atom is 0.164 e. The van der Waals surface area contributed by atoms with Crippen molar-refractivity contribution in [2.75, 3.05) is 0 Å². The van der Waals surface area contributed by atoms with Crippen molar-refractivity contribution in [3.63, 3.8) is 0 Å². The fourth-order valence-electron chi connectivity index (χ4n) is 8.94. The second-order valence-electron chi connectivity index (χ2n) is 14.4. The molecule has 8 aromatic carbocycles. The highest BCUT2D eigenvalue weighted by molar-refractivity contribution is 5.96. The first-order chi connectivity index (χ1) is 27.3. The van der Waals surface area contributed by atoms with Gasteiger partial charge in [0.15, 0.2) is 17.5 Å². The molecule has 256 valence electrons. The van der Waals surface area contributed by atoms with E-state index in [9.17, 15) is 0 Å². The van der Waals surface area contributed by atoms with Gasteiger partial charge in [-0.25, -0.2) is 15.0 Å². The first-order valence-corrected chi connectivity index (χ1v) is 18.8. The Kier molecular flexibility index (Phi) is 7.08. The van der Waals surface area contributed by atoms with E-state index in [0.717, 1.165) is 38.9 Å². The third kappa shape index (κ3) is 4.87. The van der Waals surface area contributed by atoms with Crippen LogP contribution < -0.4 is 0 Å². The molecule has 3 nitrogen and oxygen atoms in total. The van der Waals surface area contributed by atoms with Crippen molar-refractivity contribution in [3.05, 3.63) is 222 Å². The lowest BCUT2D eigenvalue weighted by atomic mass is 9.70. The Balaban J connectivity index is 1.13. The molecular formula is C52H33N3. The summed E-state index contributed by atoms with van der Waals surface area (Å²) in [5.41, 5.74) is 17.5. The van der Waals surface area contributed by atoms with E-state index in [1.807, 2.05) is 36.4 Å². The molecule has 2 aliphatic rings. The molecule has 0 N–H and O–H groups in total. The quantitative estimate of drug-likeness (QED) is 0.179. The van der Waals surface area contributed by atoms with Crippen molar-refractivity contribution >= 4 is 0 Å². The molecule has 1 spiro atoms. The summed E-state index contributed by atoms with van der Waals surface area (Å²) >= 11 is 0. The summed E-state index contributed by atoms with van der Waals surface area (Å²) in [6.45, 7) is 0. The number of hydrogen-bond acceptors (Lipinski definition) is 3. The number of fused-ring (bicyclic) bond motifs is 10. The summed E-state index contributed by atoms with van der Waals surface area (Å²) in [6, 6.07) is 71.6. The van der Waals surface area contributed by atoms with Crippen molar-refractivity contribution in [1.82, 2.24) is 15.0 Å². The van der Waals surface area contributed by atoms with E-state index in [4.69, 9.17) is 15.0 Å². The van der Waals surface area contributed by atoms with Gasteiger partial charge in [0.1, 0.15) is 0 Å². The van der Waals surface area contributed by atoms with Gasteiger partial charge in [-0.2, -0.15) is 0 Å². The molecule has 0 radical (unpaired) electrons. The molecule has 2 aliphatic carbocycles. The summed E-state index contributed by atoms with van der Waals surface area (Å²) in [5, 5.41) is 0. The number of nitrogens with zero attached hydrogens (tertiary/aromatic N) is 3. The van der Waals surface area contributed by atoms with Crippen LogP contribution in [-0.4, -0.2) is 15.0 Å². The maximum atomic E-state index is 5.13. The molecule has 0 saturated carbocycles. The highest BCUT2D eigenvalue weighted by Crippen LogP contribution is 2.63. The van der Waals surface area contributed by atoms with E-state index in [0.29, 0.717) is 17.5 Å². The van der Waals surface area contributed by atoms with E-state index in [-0.39, 0.29) is 5.41 Å². The van der Waals surface area contributed by atoms with Gasteiger partial charge in [-0.05, 0) is 91.0 Å². The lowest BCUT2D eigenvalue weighted by molar-refractivity contribution is 0.794. The molecule has 3 heteroatoms. The predicted octanol–water partition coefficient (Wildman–Crippen LogP) is 12.6. The number of rotatable bonds is 5. The highest BCUT2D eigenvalue weighted by Gasteiger charge is 2.51. The fourth-order valence-corrected chi connectivity index (χ4v) is 8.94. The van der Waals surface area contributed by atoms with Gasteiger partial charge < -0.3 is 0 Å². The van der Waals surface area contributed by atoms with Gasteiger partial charge in [-0.1, -0.05) is 176 Å². The zero-order chi connectivity index (χ0) is 36.3. The molecule has 0 unspecified atom stereocenters. The predicted molar refractivity (Wildman–Crippen MR) is 223 cm³/mol. The smallest absolute Gasteiger partial charge is 0.164 e. The van der Waals surface area contributed by atoms with Crippen LogP contribution >= 0.6 is 0 Å². The van der Waals surface area contributed by atoms with Crippen LogP contribution in [0.2, 0.25) is 0 Å². The SMILES string of the molecule is c1ccc(-c2cc(-c3ccc4c(c3)-c3ccccc3C43c4ccccc4-c4ccccc43)cc(-c3nc(-c4ccccc4)nc(-c4ccccc4)n3)c2)cc1. The van der Waals surface area contributed by atoms with Crippen molar-refractivity contribution in [3.8, 4) is 78.7 Å². The van der Waals surface area contributed by atoms with Gasteiger partial charge in [0.2, 0.25) is 0 Å². The van der Waals surface area contributed by atoms with Crippen molar-refractivity contribution in [2.45, 2.75) is 5.41 Å². The molecule has 9 aromatic rings. The van der Waals surface area contributed by atoms with E-state index >= 15 is 0 Å². The zero-order valence-electron chi connectivity index (χ0n) is 29.9. The third-order valence-corrected chi connectivity index (χ3v) is 11.3. The number of hydrogen-bond donors (Lipinski definition) is 0. The largest absolute Gasteiger partial charge is 0.208 e. The maximum absolute atomic E-state index is 5.13. The second-order valence-corrected chi connectivity index (χ2v) is 14.4. The number of benzene rings is 8. The Morgan fingerprint density at radius 1 is 0.236 bits per heavy atom. The lowest BCUT2D eigenvalue weighted by Gasteiger charge is -2.30. The van der Waals surface area contributed by atoms with Crippen molar-refractivity contribution in [2.24, 2.45) is 0 Å². The Morgan fingerprint density at radius 2 is 0.600 bits per heavy atom. The minimum atomic E-state index is -0.374. The molecule has 0 amide bonds. The minimum Gasteiger partial charge on any atom is -0.208 e. The molecule has 0 atom stereocenters. The van der Waals surface area contributed by atoms with Gasteiger partial charge in [-0.3, -0.25) is 0 Å². The number of aromatic nitrogens is 3. The first kappa shape index (κ1) is 31.3. The summed E-state index contributed by atoms with van der Waals surface area (Å²) in [4.78, 5) is 15.2. The Labute approximate surface area is 320 Å². The molecule has 0 fully saturated rings. The third-order valence-electron chi connectivity index (χ3n) is 11.3. The standard InChI is InChI=1S/C52H33N3/c1-4-16-34(17-5-1)38-30-39(32-40(31-38)51-54-49(35-18-6-2-7-19-35)53-50(55-51)36-20-8-3-9-21-36)37-28-29-48-44(33-37)43-24-12-15-27-47(43)52(48)45-25-13-10-22-41(45)42-23-11-14-26-46(42)52/h1-33H. The molecule has 55 heavy (non-hydrogen) atoms. The van der Waals surface area contributed by atoms with Crippen molar-refractivity contribution in [1.29, 1.82) is 0 Å². The average Bonchev–Trinajstić information content (AvgIpc) is 3.74. The monoisotopic (exact) mass is 699 g/mol. The highest BCUT2D eigenvalue weighted by atomic mass is 15.0. The molecule has 0 bridgehead atoms. The van der Waals surface area contributed by atoms with Crippen LogP contribution in [0.5, 0.6) is 0 Å². The summed E-state index contributed by atoms with van der Waals surface area (Å²) < 4.78 is 0. The van der Waals surface area contributed by atoms with Crippen molar-refractivity contribution < 1.29 is 0 Å². The van der Waals surface area contributed by atoms with Gasteiger partial charge >= 0.3 is 0 Å². The van der Waals surface area contributed by atoms with Crippen LogP contribution in [0.15, 0.2) is 200 Å². The van der Waals surface area contributed by atoms with Crippen LogP contribution in [0.4, 0.5) is 0 Å². The van der Waals surface area contributed by atoms with Crippen LogP contribution in [0.1, 0.15) is 22.3 Å². The first-order valence-electron chi connectivity index (χ1n) is 18.8. The van der Waals surface area contributed by atoms with Gasteiger partial charge in [0, 0.05) is 16.7 Å². The molecule has 1 aromatic heterocycles. The van der Waals surface area contributed by atoms with Crippen LogP contribution in [-0.2, 0) is 5.41 Å². The molecule has 1 heterocycles. The fraction of sp³-hybridized carbons (Fsp3) is 0.0192. The summed E-state index contributed by atoms with van der Waals surface area (Å²) in [7, 11) is 0. The summed E-state index contributed by atoms with van der Waals surface area (Å²) in [5.74, 6) is 1.93. The van der Waals surface area contributed by atoms with Crippen LogP contribution in [0.3, 0.4) is 0 Å². The lowest BCUT2D eigenvalue weighted by Crippen LogP contribution is -2.25. The molecule has 11 rings (SSSR count). The normalized spacial score (nSPS) is 12.9. The average molecular weight is 700 g/mol. The zero-order valence-corrected chi connectivity index (χ0v) is 29.9.